The normalized spacial score (nSPS) is 11.3. The topological polar surface area (TPSA) is 41.6 Å². The highest BCUT2D eigenvalue weighted by Crippen LogP contribution is 2.35. The van der Waals surface area contributed by atoms with Crippen LogP contribution in [0.25, 0.3) is 32.9 Å². The van der Waals surface area contributed by atoms with E-state index < -0.39 is 41.2 Å². The number of benzene rings is 3. The summed E-state index contributed by atoms with van der Waals surface area (Å²) in [6, 6.07) is 16.2. The molecular weight excluding hydrogens is 449 g/mol. The Labute approximate surface area is 190 Å². The van der Waals surface area contributed by atoms with Gasteiger partial charge in [-0.15, -0.1) is 0 Å². The maximum Gasteiger partial charge on any atom is 0.200 e. The second kappa shape index (κ2) is 7.96. The van der Waals surface area contributed by atoms with E-state index in [9.17, 15) is 22.0 Å². The Hall–Kier alpha value is -4.25. The van der Waals surface area contributed by atoms with Crippen LogP contribution < -0.4 is 0 Å². The Morgan fingerprint density at radius 2 is 1.41 bits per heavy atom. The number of nitriles is 1. The van der Waals surface area contributed by atoms with Crippen LogP contribution in [0.5, 0.6) is 0 Å². The van der Waals surface area contributed by atoms with E-state index in [4.69, 9.17) is 5.26 Å². The van der Waals surface area contributed by atoms with Gasteiger partial charge in [-0.2, -0.15) is 5.26 Å². The summed E-state index contributed by atoms with van der Waals surface area (Å²) in [5.74, 6) is -9.87. The molecule has 0 aliphatic rings. The minimum atomic E-state index is -2.19. The van der Waals surface area contributed by atoms with Crippen molar-refractivity contribution >= 4 is 21.8 Å². The smallest absolute Gasteiger partial charge is 0.200 e. The van der Waals surface area contributed by atoms with Gasteiger partial charge in [0.2, 0.25) is 5.82 Å². The van der Waals surface area contributed by atoms with Crippen LogP contribution in [0.1, 0.15) is 16.8 Å². The quantitative estimate of drug-likeness (QED) is 0.168. The summed E-state index contributed by atoms with van der Waals surface area (Å²) < 4.78 is 71.6. The van der Waals surface area contributed by atoms with E-state index in [1.807, 2.05) is 6.07 Å². The lowest BCUT2D eigenvalue weighted by molar-refractivity contribution is 0.368. The molecule has 34 heavy (non-hydrogen) atoms. The third-order valence-electron chi connectivity index (χ3n) is 5.92. The standard InChI is InChI=1S/C26H14F5N3/c1-13-26-17(8-9-33-13)18-10-16(15-4-2-14(11-32)3-5-15)6-7-20(18)34(26)12-19-21(27)23(29)25(31)24(30)22(19)28/h2-10H,12H2,1H3. The van der Waals surface area contributed by atoms with Gasteiger partial charge in [0.15, 0.2) is 23.3 Å². The van der Waals surface area contributed by atoms with E-state index in [-0.39, 0.29) is 0 Å². The minimum Gasteiger partial charge on any atom is -0.334 e. The number of pyridine rings is 1. The average Bonchev–Trinajstić information content (AvgIpc) is 3.18. The fourth-order valence-electron chi connectivity index (χ4n) is 4.25. The number of halogens is 5. The zero-order valence-electron chi connectivity index (χ0n) is 17.6. The average molecular weight is 463 g/mol. The molecule has 5 aromatic rings. The fourth-order valence-corrected chi connectivity index (χ4v) is 4.25. The first-order valence-electron chi connectivity index (χ1n) is 10.2. The largest absolute Gasteiger partial charge is 0.334 e. The molecule has 0 fully saturated rings. The van der Waals surface area contributed by atoms with E-state index in [0.29, 0.717) is 22.3 Å². The van der Waals surface area contributed by atoms with Crippen molar-refractivity contribution in [3.05, 3.63) is 101 Å². The van der Waals surface area contributed by atoms with E-state index in [1.165, 1.54) is 4.57 Å². The zero-order valence-corrected chi connectivity index (χ0v) is 17.6. The summed E-state index contributed by atoms with van der Waals surface area (Å²) in [5, 5.41) is 10.5. The number of aromatic nitrogens is 2. The number of fused-ring (bicyclic) bond motifs is 3. The van der Waals surface area contributed by atoms with Gasteiger partial charge < -0.3 is 4.57 Å². The van der Waals surface area contributed by atoms with Crippen molar-refractivity contribution in [1.82, 2.24) is 9.55 Å². The molecule has 3 nitrogen and oxygen atoms in total. The van der Waals surface area contributed by atoms with Crippen LogP contribution in [0, 0.1) is 47.3 Å². The van der Waals surface area contributed by atoms with Crippen LogP contribution in [0.4, 0.5) is 22.0 Å². The Balaban J connectivity index is 1.75. The van der Waals surface area contributed by atoms with Gasteiger partial charge in [-0.05, 0) is 48.4 Å². The van der Waals surface area contributed by atoms with Gasteiger partial charge in [0.1, 0.15) is 0 Å². The molecule has 168 valence electrons. The molecule has 8 heteroatoms. The first-order chi connectivity index (χ1) is 16.3. The molecule has 0 saturated carbocycles. The molecule has 0 amide bonds. The second-order valence-corrected chi connectivity index (χ2v) is 7.85. The van der Waals surface area contributed by atoms with Crippen molar-refractivity contribution in [1.29, 1.82) is 5.26 Å². The van der Waals surface area contributed by atoms with Crippen LogP contribution >= 0.6 is 0 Å². The van der Waals surface area contributed by atoms with Crippen molar-refractivity contribution in [3.63, 3.8) is 0 Å². The van der Waals surface area contributed by atoms with E-state index in [0.717, 1.165) is 21.9 Å². The van der Waals surface area contributed by atoms with Gasteiger partial charge in [0, 0.05) is 28.0 Å². The molecule has 0 spiro atoms. The Morgan fingerprint density at radius 3 is 2.06 bits per heavy atom. The highest BCUT2D eigenvalue weighted by Gasteiger charge is 2.27. The molecule has 2 aromatic heterocycles. The second-order valence-electron chi connectivity index (χ2n) is 7.85. The SMILES string of the molecule is Cc1nccc2c3cc(-c4ccc(C#N)cc4)ccc3n(Cc3c(F)c(F)c(F)c(F)c3F)c12. The molecule has 5 rings (SSSR count). The van der Waals surface area contributed by atoms with Crippen molar-refractivity contribution < 1.29 is 22.0 Å². The van der Waals surface area contributed by atoms with Crippen molar-refractivity contribution in [3.8, 4) is 17.2 Å². The summed E-state index contributed by atoms with van der Waals surface area (Å²) in [4.78, 5) is 4.25. The van der Waals surface area contributed by atoms with Crippen molar-refractivity contribution in [2.24, 2.45) is 0 Å². The lowest BCUT2D eigenvalue weighted by Gasteiger charge is -2.12. The van der Waals surface area contributed by atoms with Crippen molar-refractivity contribution in [2.45, 2.75) is 13.5 Å². The maximum absolute atomic E-state index is 14.5. The lowest BCUT2D eigenvalue weighted by Crippen LogP contribution is -2.11. The van der Waals surface area contributed by atoms with Crippen molar-refractivity contribution in [2.75, 3.05) is 0 Å². The number of rotatable bonds is 3. The van der Waals surface area contributed by atoms with E-state index in [1.54, 1.807) is 55.6 Å². The Bertz CT molecular complexity index is 1620. The first kappa shape index (κ1) is 21.6. The van der Waals surface area contributed by atoms with Crippen LogP contribution in [0.15, 0.2) is 54.7 Å². The molecular formula is C26H14F5N3. The van der Waals surface area contributed by atoms with Gasteiger partial charge in [-0.1, -0.05) is 18.2 Å². The molecule has 3 aromatic carbocycles. The van der Waals surface area contributed by atoms with Crippen LogP contribution in [0.3, 0.4) is 0 Å². The minimum absolute atomic E-state index is 0.519. The highest BCUT2D eigenvalue weighted by atomic mass is 19.2. The summed E-state index contributed by atoms with van der Waals surface area (Å²) in [5.41, 5.74) is 2.90. The van der Waals surface area contributed by atoms with Gasteiger partial charge in [-0.3, -0.25) is 4.98 Å². The maximum atomic E-state index is 14.5. The monoisotopic (exact) mass is 463 g/mol. The first-order valence-corrected chi connectivity index (χ1v) is 10.2. The lowest BCUT2D eigenvalue weighted by atomic mass is 10.0. The van der Waals surface area contributed by atoms with Gasteiger partial charge in [0.05, 0.1) is 29.4 Å². The predicted molar refractivity (Wildman–Crippen MR) is 117 cm³/mol. The molecule has 0 N–H and O–H groups in total. The molecule has 0 aliphatic carbocycles. The molecule has 0 atom stereocenters. The predicted octanol–water partition coefficient (Wildman–Crippen LogP) is 6.78. The van der Waals surface area contributed by atoms with E-state index in [2.05, 4.69) is 11.1 Å². The number of hydrogen-bond acceptors (Lipinski definition) is 2. The number of nitrogens with zero attached hydrogens (tertiary/aromatic N) is 3. The molecule has 0 saturated heterocycles. The molecule has 2 heterocycles. The number of aryl methyl sites for hydroxylation is 1. The molecule has 0 aliphatic heterocycles. The molecule has 0 radical (unpaired) electrons. The summed E-state index contributed by atoms with van der Waals surface area (Å²) in [7, 11) is 0. The third-order valence-corrected chi connectivity index (χ3v) is 5.92. The van der Waals surface area contributed by atoms with Gasteiger partial charge in [-0.25, -0.2) is 22.0 Å². The fraction of sp³-hybridized carbons (Fsp3) is 0.0769. The third kappa shape index (κ3) is 3.20. The van der Waals surface area contributed by atoms with Crippen LogP contribution in [0.2, 0.25) is 0 Å². The van der Waals surface area contributed by atoms with Gasteiger partial charge in [0.25, 0.3) is 0 Å². The zero-order chi connectivity index (χ0) is 24.1. The highest BCUT2D eigenvalue weighted by molar-refractivity contribution is 6.10. The Kier molecular flexibility index (Phi) is 5.05. The van der Waals surface area contributed by atoms with Gasteiger partial charge >= 0.3 is 0 Å². The van der Waals surface area contributed by atoms with Crippen LogP contribution in [-0.2, 0) is 6.54 Å². The Morgan fingerprint density at radius 1 is 0.794 bits per heavy atom. The summed E-state index contributed by atoms with van der Waals surface area (Å²) in [6.45, 7) is 1.13. The molecule has 0 bridgehead atoms. The molecule has 0 unspecified atom stereocenters. The van der Waals surface area contributed by atoms with Crippen LogP contribution in [-0.4, -0.2) is 9.55 Å². The number of hydrogen-bond donors (Lipinski definition) is 0. The summed E-state index contributed by atoms with van der Waals surface area (Å²) in [6.07, 6.45) is 1.59. The van der Waals surface area contributed by atoms with E-state index >= 15 is 0 Å². The summed E-state index contributed by atoms with van der Waals surface area (Å²) >= 11 is 0.